The van der Waals surface area contributed by atoms with Gasteiger partial charge in [0.15, 0.2) is 5.75 Å². The van der Waals surface area contributed by atoms with Crippen molar-refractivity contribution in [2.45, 2.75) is 18.0 Å². The largest absolute Gasteiger partial charge is 0.468 e. The normalized spacial score (nSPS) is 12.2. The van der Waals surface area contributed by atoms with Crippen molar-refractivity contribution < 1.29 is 27.4 Å². The molecule has 0 fully saturated rings. The predicted octanol–water partition coefficient (Wildman–Crippen LogP) is 6.00. The Labute approximate surface area is 173 Å². The first-order chi connectivity index (χ1) is 13.1. The minimum Gasteiger partial charge on any atom is -0.468 e. The van der Waals surface area contributed by atoms with Crippen LogP contribution in [0.2, 0.25) is 10.0 Å². The van der Waals surface area contributed by atoms with Gasteiger partial charge in [0.05, 0.1) is 34.4 Å². The van der Waals surface area contributed by atoms with Crippen molar-refractivity contribution in [2.24, 2.45) is 0 Å². The molecule has 0 saturated heterocycles. The maximum absolute atomic E-state index is 12.8. The van der Waals surface area contributed by atoms with E-state index in [-0.39, 0.29) is 33.5 Å². The summed E-state index contributed by atoms with van der Waals surface area (Å²) < 4.78 is 48.5. The maximum atomic E-state index is 12.8. The van der Waals surface area contributed by atoms with Crippen LogP contribution >= 0.6 is 34.8 Å². The first-order valence-corrected chi connectivity index (χ1v) is 8.75. The number of nitriles is 1. The van der Waals surface area contributed by atoms with Crippen LogP contribution in [0, 0.1) is 11.3 Å². The van der Waals surface area contributed by atoms with Gasteiger partial charge in [-0.1, -0.05) is 23.2 Å². The second-order valence-electron chi connectivity index (χ2n) is 5.49. The van der Waals surface area contributed by atoms with Gasteiger partial charge in [-0.2, -0.15) is 18.4 Å². The number of alkyl halides is 4. The van der Waals surface area contributed by atoms with E-state index >= 15 is 0 Å². The molecule has 0 bridgehead atoms. The van der Waals surface area contributed by atoms with Crippen molar-refractivity contribution >= 4 is 40.8 Å². The van der Waals surface area contributed by atoms with Gasteiger partial charge in [-0.05, 0) is 35.9 Å². The van der Waals surface area contributed by atoms with E-state index in [4.69, 9.17) is 39.5 Å². The van der Waals surface area contributed by atoms with E-state index in [1.807, 2.05) is 6.07 Å². The highest BCUT2D eigenvalue weighted by molar-refractivity contribution is 6.37. The second-order valence-corrected chi connectivity index (χ2v) is 6.84. The molecule has 10 heteroatoms. The summed E-state index contributed by atoms with van der Waals surface area (Å²) in [5.41, 5.74) is -0.394. The van der Waals surface area contributed by atoms with Gasteiger partial charge in [-0.3, -0.25) is 4.79 Å². The van der Waals surface area contributed by atoms with E-state index in [1.165, 1.54) is 25.3 Å². The van der Waals surface area contributed by atoms with Gasteiger partial charge >= 0.3 is 12.1 Å². The summed E-state index contributed by atoms with van der Waals surface area (Å²) in [6.45, 7) is 0. The molecule has 4 nitrogen and oxygen atoms in total. The molecule has 0 heterocycles. The molecule has 1 unspecified atom stereocenters. The van der Waals surface area contributed by atoms with Crippen molar-refractivity contribution in [3.05, 3.63) is 57.1 Å². The molecule has 0 aliphatic heterocycles. The highest BCUT2D eigenvalue weighted by Gasteiger charge is 2.32. The third kappa shape index (κ3) is 5.22. The van der Waals surface area contributed by atoms with Crippen molar-refractivity contribution in [3.63, 3.8) is 0 Å². The van der Waals surface area contributed by atoms with Gasteiger partial charge in [0.25, 0.3) is 0 Å². The Balaban J connectivity index is 2.36. The Morgan fingerprint density at radius 2 is 1.82 bits per heavy atom. The number of carbonyl (C=O) groups excluding carboxylic acids is 1. The van der Waals surface area contributed by atoms with Gasteiger partial charge in [0.2, 0.25) is 0 Å². The summed E-state index contributed by atoms with van der Waals surface area (Å²) in [6, 6.07) is 7.58. The highest BCUT2D eigenvalue weighted by Crippen LogP contribution is 2.41. The van der Waals surface area contributed by atoms with Crippen LogP contribution in [0.3, 0.4) is 0 Å². The quantitative estimate of drug-likeness (QED) is 0.412. The van der Waals surface area contributed by atoms with Crippen LogP contribution in [0.1, 0.15) is 16.7 Å². The molecular weight excluding hydrogens is 442 g/mol. The molecule has 148 valence electrons. The van der Waals surface area contributed by atoms with Gasteiger partial charge in [-0.25, -0.2) is 0 Å². The molecular formula is C18H11Cl3F3NO3. The molecule has 2 rings (SSSR count). The highest BCUT2D eigenvalue weighted by atomic mass is 35.5. The fourth-order valence-electron chi connectivity index (χ4n) is 2.25. The molecule has 0 N–H and O–H groups in total. The lowest BCUT2D eigenvalue weighted by molar-refractivity contribution is -0.140. The number of ether oxygens (including phenoxy) is 2. The zero-order valence-corrected chi connectivity index (χ0v) is 16.4. The number of halogens is 6. The number of hydrogen-bond acceptors (Lipinski definition) is 4. The molecule has 0 radical (unpaired) electrons. The average Bonchev–Trinajstić information content (AvgIpc) is 2.63. The Morgan fingerprint density at radius 1 is 1.21 bits per heavy atom. The van der Waals surface area contributed by atoms with Crippen LogP contribution in [0.25, 0.3) is 0 Å². The average molecular weight is 453 g/mol. The lowest BCUT2D eigenvalue weighted by Crippen LogP contribution is -2.19. The van der Waals surface area contributed by atoms with E-state index in [0.29, 0.717) is 17.7 Å². The number of esters is 1. The lowest BCUT2D eigenvalue weighted by Gasteiger charge is -2.15. The topological polar surface area (TPSA) is 59.3 Å². The van der Waals surface area contributed by atoms with Crippen LogP contribution in [0.15, 0.2) is 30.3 Å². The van der Waals surface area contributed by atoms with E-state index in [2.05, 4.69) is 4.74 Å². The first-order valence-electron chi connectivity index (χ1n) is 7.55. The maximum Gasteiger partial charge on any atom is 0.416 e. The molecule has 0 spiro atoms. The fraction of sp³-hybridized carbons (Fsp3) is 0.222. The molecule has 2 aromatic carbocycles. The summed E-state index contributed by atoms with van der Waals surface area (Å²) in [5, 5.41) is 7.49. The molecule has 2 aromatic rings. The third-order valence-corrected chi connectivity index (χ3v) is 4.49. The van der Waals surface area contributed by atoms with Crippen LogP contribution in [-0.2, 0) is 22.1 Å². The molecule has 0 amide bonds. The number of carbonyl (C=O) groups is 1. The summed E-state index contributed by atoms with van der Waals surface area (Å²) >= 11 is 17.7. The summed E-state index contributed by atoms with van der Waals surface area (Å²) in [6.07, 6.45) is -4.64. The fourth-order valence-corrected chi connectivity index (χ4v) is 3.07. The predicted molar refractivity (Wildman–Crippen MR) is 98.1 cm³/mol. The van der Waals surface area contributed by atoms with E-state index < -0.39 is 23.1 Å². The Bertz CT molecular complexity index is 919. The van der Waals surface area contributed by atoms with Crippen molar-refractivity contribution in [2.75, 3.05) is 7.11 Å². The van der Waals surface area contributed by atoms with Crippen LogP contribution in [-0.4, -0.2) is 18.5 Å². The number of benzene rings is 2. The number of hydrogen-bond donors (Lipinski definition) is 0. The number of methoxy groups -OCH3 is 1. The minimum absolute atomic E-state index is 0.0250. The van der Waals surface area contributed by atoms with Gasteiger partial charge in [0, 0.05) is 6.42 Å². The standard InChI is InChI=1S/C18H11Cl3F3NO3/c1-27-17(26)15(21)5-10-4-12(3-2-9(10)8-25)28-16-13(19)6-11(7-14(16)20)18(22,23)24/h2-4,6-7,15H,5H2,1H3. The number of nitrogens with zero attached hydrogens (tertiary/aromatic N) is 1. The van der Waals surface area contributed by atoms with Crippen molar-refractivity contribution in [1.29, 1.82) is 5.26 Å². The van der Waals surface area contributed by atoms with Crippen LogP contribution < -0.4 is 4.74 Å². The Kier molecular flexibility index (Phi) is 7.05. The second kappa shape index (κ2) is 8.91. The molecule has 0 aromatic heterocycles. The van der Waals surface area contributed by atoms with E-state index in [9.17, 15) is 23.2 Å². The van der Waals surface area contributed by atoms with Crippen molar-refractivity contribution in [1.82, 2.24) is 0 Å². The van der Waals surface area contributed by atoms with Crippen LogP contribution in [0.5, 0.6) is 11.5 Å². The van der Waals surface area contributed by atoms with Crippen molar-refractivity contribution in [3.8, 4) is 17.6 Å². The van der Waals surface area contributed by atoms with E-state index in [0.717, 1.165) is 0 Å². The Morgan fingerprint density at radius 3 is 2.32 bits per heavy atom. The zero-order valence-electron chi connectivity index (χ0n) is 14.1. The summed E-state index contributed by atoms with van der Waals surface area (Å²) in [4.78, 5) is 11.5. The lowest BCUT2D eigenvalue weighted by atomic mass is 10.0. The molecule has 0 aliphatic rings. The summed E-state index contributed by atoms with van der Waals surface area (Å²) in [7, 11) is 1.18. The molecule has 1 atom stereocenters. The van der Waals surface area contributed by atoms with Gasteiger partial charge in [0.1, 0.15) is 11.1 Å². The van der Waals surface area contributed by atoms with Gasteiger partial charge < -0.3 is 9.47 Å². The third-order valence-electron chi connectivity index (χ3n) is 3.60. The SMILES string of the molecule is COC(=O)C(Cl)Cc1cc(Oc2c(Cl)cc(C(F)(F)F)cc2Cl)ccc1C#N. The minimum atomic E-state index is -4.61. The molecule has 28 heavy (non-hydrogen) atoms. The first kappa shape index (κ1) is 22.2. The smallest absolute Gasteiger partial charge is 0.416 e. The summed E-state index contributed by atoms with van der Waals surface area (Å²) in [5.74, 6) is -0.709. The number of rotatable bonds is 5. The van der Waals surface area contributed by atoms with E-state index in [1.54, 1.807) is 0 Å². The Hall–Kier alpha value is -2.14. The van der Waals surface area contributed by atoms with Gasteiger partial charge in [-0.15, -0.1) is 11.6 Å². The molecule has 0 saturated carbocycles. The molecule has 0 aliphatic carbocycles. The zero-order chi connectivity index (χ0) is 21.1. The van der Waals surface area contributed by atoms with Crippen LogP contribution in [0.4, 0.5) is 13.2 Å². The monoisotopic (exact) mass is 451 g/mol.